The third kappa shape index (κ3) is 5.19. The zero-order valence-electron chi connectivity index (χ0n) is 16.0. The fourth-order valence-corrected chi connectivity index (χ4v) is 2.60. The van der Waals surface area contributed by atoms with Gasteiger partial charge in [0.2, 0.25) is 0 Å². The highest BCUT2D eigenvalue weighted by atomic mass is 19.1. The minimum Gasteiger partial charge on any atom is -0.484 e. The standard InChI is InChI=1S/C21H20FN3O4/c1-3-28-21(27)15-4-10-18(11-5-15)29-13-20(26)23-19-12-14(2)24-25(19)17-8-6-16(22)7-9-17/h4-12H,3,13H2,1-2H3,(H,23,26). The van der Waals surface area contributed by atoms with Gasteiger partial charge in [-0.05, 0) is 62.4 Å². The van der Waals surface area contributed by atoms with E-state index in [2.05, 4.69) is 10.4 Å². The summed E-state index contributed by atoms with van der Waals surface area (Å²) in [6, 6.07) is 13.8. The number of aryl methyl sites for hydroxylation is 1. The molecule has 2 aromatic carbocycles. The van der Waals surface area contributed by atoms with Crippen molar-refractivity contribution in [2.45, 2.75) is 13.8 Å². The predicted octanol–water partition coefficient (Wildman–Crippen LogP) is 3.51. The Morgan fingerprint density at radius 3 is 2.45 bits per heavy atom. The Labute approximate surface area is 167 Å². The molecule has 0 atom stereocenters. The largest absolute Gasteiger partial charge is 0.484 e. The first-order valence-electron chi connectivity index (χ1n) is 8.98. The van der Waals surface area contributed by atoms with Crippen LogP contribution in [0.15, 0.2) is 54.6 Å². The average molecular weight is 397 g/mol. The Balaban J connectivity index is 1.61. The molecule has 8 heteroatoms. The molecule has 0 aliphatic rings. The van der Waals surface area contributed by atoms with Crippen LogP contribution in [0.1, 0.15) is 23.0 Å². The summed E-state index contributed by atoms with van der Waals surface area (Å²) < 4.78 is 25.0. The van der Waals surface area contributed by atoms with Crippen molar-refractivity contribution in [2.24, 2.45) is 0 Å². The van der Waals surface area contributed by atoms with Gasteiger partial charge in [-0.3, -0.25) is 4.79 Å². The molecule has 0 saturated heterocycles. The second-order valence-electron chi connectivity index (χ2n) is 6.14. The number of nitrogens with zero attached hydrogens (tertiary/aromatic N) is 2. The molecule has 0 spiro atoms. The summed E-state index contributed by atoms with van der Waals surface area (Å²) in [6.45, 7) is 3.59. The average Bonchev–Trinajstić information content (AvgIpc) is 3.07. The van der Waals surface area contributed by atoms with E-state index in [0.29, 0.717) is 35.1 Å². The SMILES string of the molecule is CCOC(=O)c1ccc(OCC(=O)Nc2cc(C)nn2-c2ccc(F)cc2)cc1. The number of anilines is 1. The van der Waals surface area contributed by atoms with Crippen molar-refractivity contribution in [1.82, 2.24) is 9.78 Å². The molecular formula is C21H20FN3O4. The van der Waals surface area contributed by atoms with Crippen LogP contribution in [0.2, 0.25) is 0 Å². The van der Waals surface area contributed by atoms with E-state index in [4.69, 9.17) is 9.47 Å². The minimum atomic E-state index is -0.416. The van der Waals surface area contributed by atoms with Crippen LogP contribution in [-0.2, 0) is 9.53 Å². The third-order valence-electron chi connectivity index (χ3n) is 3.91. The Bertz CT molecular complexity index is 998. The maximum Gasteiger partial charge on any atom is 0.338 e. The molecule has 0 aliphatic heterocycles. The first kappa shape index (κ1) is 20.1. The number of hydrogen-bond donors (Lipinski definition) is 1. The lowest BCUT2D eigenvalue weighted by Crippen LogP contribution is -2.21. The van der Waals surface area contributed by atoms with Gasteiger partial charge in [0, 0.05) is 6.07 Å². The number of halogens is 1. The maximum atomic E-state index is 13.1. The van der Waals surface area contributed by atoms with Gasteiger partial charge < -0.3 is 14.8 Å². The summed E-state index contributed by atoms with van der Waals surface area (Å²) in [6.07, 6.45) is 0. The van der Waals surface area contributed by atoms with Crippen molar-refractivity contribution >= 4 is 17.7 Å². The Hall–Kier alpha value is -3.68. The molecule has 1 heterocycles. The molecule has 0 radical (unpaired) electrons. The number of nitrogens with one attached hydrogen (secondary N) is 1. The number of esters is 1. The monoisotopic (exact) mass is 397 g/mol. The van der Waals surface area contributed by atoms with E-state index in [9.17, 15) is 14.0 Å². The van der Waals surface area contributed by atoms with Crippen molar-refractivity contribution in [3.05, 3.63) is 71.7 Å². The quantitative estimate of drug-likeness (QED) is 0.617. The van der Waals surface area contributed by atoms with Gasteiger partial charge in [0.1, 0.15) is 17.4 Å². The maximum absolute atomic E-state index is 13.1. The Kier molecular flexibility index (Phi) is 6.23. The summed E-state index contributed by atoms with van der Waals surface area (Å²) in [7, 11) is 0. The summed E-state index contributed by atoms with van der Waals surface area (Å²) in [5, 5.41) is 7.05. The molecule has 1 aromatic heterocycles. The summed E-state index contributed by atoms with van der Waals surface area (Å²) in [5.74, 6) is -0.272. The molecule has 0 saturated carbocycles. The predicted molar refractivity (Wildman–Crippen MR) is 105 cm³/mol. The van der Waals surface area contributed by atoms with E-state index in [-0.39, 0.29) is 18.3 Å². The van der Waals surface area contributed by atoms with Crippen LogP contribution in [0.5, 0.6) is 5.75 Å². The van der Waals surface area contributed by atoms with Gasteiger partial charge in [-0.1, -0.05) is 0 Å². The van der Waals surface area contributed by atoms with Gasteiger partial charge in [-0.2, -0.15) is 5.10 Å². The van der Waals surface area contributed by atoms with E-state index >= 15 is 0 Å². The number of aromatic nitrogens is 2. The lowest BCUT2D eigenvalue weighted by molar-refractivity contribution is -0.118. The Morgan fingerprint density at radius 2 is 1.79 bits per heavy atom. The van der Waals surface area contributed by atoms with Crippen molar-refractivity contribution < 1.29 is 23.5 Å². The topological polar surface area (TPSA) is 82.4 Å². The number of carbonyl (C=O) groups is 2. The van der Waals surface area contributed by atoms with Crippen molar-refractivity contribution in [3.8, 4) is 11.4 Å². The second kappa shape index (κ2) is 9.01. The number of rotatable bonds is 7. The molecular weight excluding hydrogens is 377 g/mol. The molecule has 3 rings (SSSR count). The molecule has 0 bridgehead atoms. The summed E-state index contributed by atoms with van der Waals surface area (Å²) in [4.78, 5) is 23.9. The minimum absolute atomic E-state index is 0.230. The number of carbonyl (C=O) groups excluding carboxylic acids is 2. The molecule has 7 nitrogen and oxygen atoms in total. The molecule has 150 valence electrons. The smallest absolute Gasteiger partial charge is 0.338 e. The molecule has 0 fully saturated rings. The molecule has 29 heavy (non-hydrogen) atoms. The van der Waals surface area contributed by atoms with Crippen LogP contribution in [-0.4, -0.2) is 34.9 Å². The van der Waals surface area contributed by atoms with Gasteiger partial charge in [-0.15, -0.1) is 0 Å². The highest BCUT2D eigenvalue weighted by molar-refractivity contribution is 5.91. The first-order chi connectivity index (χ1) is 14.0. The highest BCUT2D eigenvalue weighted by Gasteiger charge is 2.12. The van der Waals surface area contributed by atoms with E-state index in [1.165, 1.54) is 16.8 Å². The number of hydrogen-bond acceptors (Lipinski definition) is 5. The molecule has 1 amide bonds. The zero-order chi connectivity index (χ0) is 20.8. The normalized spacial score (nSPS) is 10.4. The molecule has 0 aliphatic carbocycles. The molecule has 1 N–H and O–H groups in total. The van der Waals surface area contributed by atoms with Crippen LogP contribution in [0.3, 0.4) is 0 Å². The number of benzene rings is 2. The second-order valence-corrected chi connectivity index (χ2v) is 6.14. The van der Waals surface area contributed by atoms with Crippen LogP contribution in [0, 0.1) is 12.7 Å². The lowest BCUT2D eigenvalue weighted by atomic mass is 10.2. The third-order valence-corrected chi connectivity index (χ3v) is 3.91. The van der Waals surface area contributed by atoms with Crippen LogP contribution in [0.4, 0.5) is 10.2 Å². The van der Waals surface area contributed by atoms with Gasteiger partial charge in [-0.25, -0.2) is 13.9 Å². The van der Waals surface area contributed by atoms with Crippen molar-refractivity contribution in [1.29, 1.82) is 0 Å². The van der Waals surface area contributed by atoms with E-state index in [1.54, 1.807) is 56.3 Å². The number of ether oxygens (including phenoxy) is 2. The highest BCUT2D eigenvalue weighted by Crippen LogP contribution is 2.18. The molecule has 0 unspecified atom stereocenters. The fraction of sp³-hybridized carbons (Fsp3) is 0.190. The Morgan fingerprint density at radius 1 is 1.10 bits per heavy atom. The van der Waals surface area contributed by atoms with Crippen molar-refractivity contribution in [3.63, 3.8) is 0 Å². The first-order valence-corrected chi connectivity index (χ1v) is 8.98. The van der Waals surface area contributed by atoms with Crippen LogP contribution >= 0.6 is 0 Å². The van der Waals surface area contributed by atoms with E-state index in [0.717, 1.165) is 0 Å². The summed E-state index contributed by atoms with van der Waals surface area (Å²) in [5.41, 5.74) is 1.72. The number of amides is 1. The van der Waals surface area contributed by atoms with Crippen LogP contribution < -0.4 is 10.1 Å². The van der Waals surface area contributed by atoms with E-state index in [1.807, 2.05) is 0 Å². The zero-order valence-corrected chi connectivity index (χ0v) is 16.0. The fourth-order valence-electron chi connectivity index (χ4n) is 2.60. The van der Waals surface area contributed by atoms with Crippen LogP contribution in [0.25, 0.3) is 5.69 Å². The van der Waals surface area contributed by atoms with Crippen molar-refractivity contribution in [2.75, 3.05) is 18.5 Å². The van der Waals surface area contributed by atoms with Gasteiger partial charge >= 0.3 is 5.97 Å². The van der Waals surface area contributed by atoms with Gasteiger partial charge in [0.25, 0.3) is 5.91 Å². The molecule has 3 aromatic rings. The lowest BCUT2D eigenvalue weighted by Gasteiger charge is -2.10. The van der Waals surface area contributed by atoms with E-state index < -0.39 is 5.97 Å². The van der Waals surface area contributed by atoms with Gasteiger partial charge in [0.15, 0.2) is 6.61 Å². The summed E-state index contributed by atoms with van der Waals surface area (Å²) >= 11 is 0. The van der Waals surface area contributed by atoms with Gasteiger partial charge in [0.05, 0.1) is 23.6 Å².